The van der Waals surface area contributed by atoms with E-state index in [4.69, 9.17) is 14.5 Å². The number of amides is 7. The van der Waals surface area contributed by atoms with Gasteiger partial charge >= 0.3 is 5.97 Å². The van der Waals surface area contributed by atoms with Gasteiger partial charge in [-0.2, -0.15) is 0 Å². The highest BCUT2D eigenvalue weighted by Gasteiger charge is 2.46. The Bertz CT molecular complexity index is 3800. The van der Waals surface area contributed by atoms with Crippen molar-refractivity contribution in [3.63, 3.8) is 0 Å². The number of nitrogens with one attached hydrogen (secondary N) is 6. The summed E-state index contributed by atoms with van der Waals surface area (Å²) in [6, 6.07) is 24.6. The molecule has 10 rings (SSSR count). The smallest absolute Gasteiger partial charge is 0.343 e. The number of carbonyl (C=O) groups excluding carboxylic acids is 8. The Morgan fingerprint density at radius 1 is 0.807 bits per heavy atom. The maximum atomic E-state index is 15.4. The van der Waals surface area contributed by atoms with Gasteiger partial charge in [-0.15, -0.1) is 0 Å². The van der Waals surface area contributed by atoms with Crippen LogP contribution in [0.1, 0.15) is 94.3 Å². The molecule has 3 unspecified atom stereocenters. The number of ether oxygens (including phenoxy) is 2. The summed E-state index contributed by atoms with van der Waals surface area (Å²) in [7, 11) is 0. The number of cyclic esters (lactones) is 1. The number of pyridine rings is 2. The minimum absolute atomic E-state index is 0.0228. The number of benzene rings is 4. The number of para-hydroxylation sites is 1. The standard InChI is InChI=1S/C61H58FN9O12/c1-3-61(81)42-24-48-57-40(30-71(48)59(79)41(42)31-83-60(61)80)56-44(20-19-39-34(2)43(62)25-45(69-57)55(39)56)67-53(76)32-82-33-66-51(74)27-65-58(78)46(23-35-11-5-4-6-12-35)68-52(75)28-64-50(73)26-63-49(72)21-22-54(77)70-29-38-15-8-7-13-36(38)17-18-37-14-9-10-16-47(37)70/h4-16,24-25,44,46,81H,3,19-23,26-33H2,1-2H3,(H,63,72)(H,64,73)(H,65,78)(H,66,74)(H,67,76)(H,68,75). The van der Waals surface area contributed by atoms with E-state index >= 15 is 4.39 Å². The zero-order chi connectivity index (χ0) is 58.5. The molecule has 4 aliphatic rings. The fourth-order valence-electron chi connectivity index (χ4n) is 10.9. The summed E-state index contributed by atoms with van der Waals surface area (Å²) in [5.74, 6) is 0.697. The van der Waals surface area contributed by atoms with Crippen LogP contribution in [0.15, 0.2) is 95.8 Å². The molecule has 21 nitrogen and oxygen atoms in total. The summed E-state index contributed by atoms with van der Waals surface area (Å²) >= 11 is 0. The zero-order valence-electron chi connectivity index (χ0n) is 45.4. The molecular weight excluding hydrogens is 1070 g/mol. The Balaban J connectivity index is 0.689. The second kappa shape index (κ2) is 24.2. The first kappa shape index (κ1) is 56.7. The van der Waals surface area contributed by atoms with Gasteiger partial charge in [0, 0.05) is 53.0 Å². The normalized spacial score (nSPS) is 16.3. The molecule has 3 aliphatic heterocycles. The lowest BCUT2D eigenvalue weighted by molar-refractivity contribution is -0.172. The van der Waals surface area contributed by atoms with Crippen molar-refractivity contribution in [2.24, 2.45) is 0 Å². The Labute approximate surface area is 474 Å². The van der Waals surface area contributed by atoms with Crippen molar-refractivity contribution in [2.45, 2.75) is 89.8 Å². The first-order chi connectivity index (χ1) is 40.0. The van der Waals surface area contributed by atoms with Crippen molar-refractivity contribution >= 4 is 63.9 Å². The van der Waals surface area contributed by atoms with Crippen LogP contribution in [0.3, 0.4) is 0 Å². The number of aromatic nitrogens is 2. The summed E-state index contributed by atoms with van der Waals surface area (Å²) in [5.41, 5.74) is 4.76. The second-order valence-electron chi connectivity index (χ2n) is 20.5. The van der Waals surface area contributed by atoms with Gasteiger partial charge in [0.25, 0.3) is 5.56 Å². The van der Waals surface area contributed by atoms with E-state index in [1.807, 2.05) is 36.4 Å². The van der Waals surface area contributed by atoms with Crippen LogP contribution in [0, 0.1) is 24.6 Å². The maximum Gasteiger partial charge on any atom is 0.343 e. The average Bonchev–Trinajstić information content (AvgIpc) is 1.76. The molecule has 0 radical (unpaired) electrons. The average molecular weight is 1130 g/mol. The molecule has 1 aliphatic carbocycles. The number of nitrogens with zero attached hydrogens (tertiary/aromatic N) is 3. The van der Waals surface area contributed by atoms with E-state index < -0.39 is 103 Å². The molecule has 7 N–H and O–H groups in total. The van der Waals surface area contributed by atoms with E-state index in [0.29, 0.717) is 68.6 Å². The van der Waals surface area contributed by atoms with Crippen LogP contribution < -0.4 is 42.4 Å². The molecule has 0 bridgehead atoms. The van der Waals surface area contributed by atoms with Crippen molar-refractivity contribution in [1.29, 1.82) is 0 Å². The predicted octanol–water partition coefficient (Wildman–Crippen LogP) is 2.52. The van der Waals surface area contributed by atoms with Gasteiger partial charge in [0.1, 0.15) is 31.8 Å². The Morgan fingerprint density at radius 3 is 2.30 bits per heavy atom. The first-order valence-corrected chi connectivity index (χ1v) is 27.1. The van der Waals surface area contributed by atoms with Gasteiger partial charge in [-0.3, -0.25) is 38.4 Å². The number of aryl methyl sites for hydroxylation is 1. The van der Waals surface area contributed by atoms with Crippen LogP contribution >= 0.6 is 0 Å². The third-order valence-electron chi connectivity index (χ3n) is 15.3. The van der Waals surface area contributed by atoms with Crippen molar-refractivity contribution in [3.05, 3.63) is 163 Å². The number of rotatable bonds is 19. The first-order valence-electron chi connectivity index (χ1n) is 27.1. The maximum absolute atomic E-state index is 15.4. The molecule has 22 heteroatoms. The third-order valence-corrected chi connectivity index (χ3v) is 15.3. The van der Waals surface area contributed by atoms with E-state index in [9.17, 15) is 48.3 Å². The van der Waals surface area contributed by atoms with E-state index in [1.165, 1.54) is 10.6 Å². The number of hydrogen-bond acceptors (Lipinski definition) is 13. The number of aliphatic hydroxyl groups is 1. The minimum Gasteiger partial charge on any atom is -0.458 e. The van der Waals surface area contributed by atoms with E-state index in [1.54, 1.807) is 67.3 Å². The van der Waals surface area contributed by atoms with Gasteiger partial charge in [-0.1, -0.05) is 79.4 Å². The quantitative estimate of drug-likeness (QED) is 0.0266. The fourth-order valence-corrected chi connectivity index (χ4v) is 10.9. The van der Waals surface area contributed by atoms with Crippen molar-refractivity contribution in [2.75, 3.05) is 37.9 Å². The Kier molecular flexibility index (Phi) is 16.6. The molecule has 0 saturated heterocycles. The van der Waals surface area contributed by atoms with Crippen molar-refractivity contribution in [1.82, 2.24) is 41.5 Å². The topological polar surface area (TPSA) is 286 Å². The van der Waals surface area contributed by atoms with Crippen LogP contribution in [0.2, 0.25) is 0 Å². The van der Waals surface area contributed by atoms with Gasteiger partial charge in [-0.25, -0.2) is 14.2 Å². The molecule has 0 spiro atoms. The SMILES string of the molecule is CCC1(O)C(=O)OCc2c1cc1n(c2=O)Cc2c-1nc1cc(F)c(C)c3c1c2C(NC(=O)COCNC(=O)CNC(=O)C(Cc1ccccc1)NC(=O)CNC(=O)CNC(=O)CCC(=O)N1Cc2ccccc2C#Cc2ccccc21)CC3. The molecule has 3 atom stereocenters. The fraction of sp³-hybridized carbons (Fsp3) is 0.311. The highest BCUT2D eigenvalue weighted by atomic mass is 19.1. The summed E-state index contributed by atoms with van der Waals surface area (Å²) in [6.07, 6.45) is 0.374. The molecule has 83 heavy (non-hydrogen) atoms. The highest BCUT2D eigenvalue weighted by molar-refractivity contribution is 5.98. The third kappa shape index (κ3) is 11.9. The van der Waals surface area contributed by atoms with Gasteiger partial charge in [0.2, 0.25) is 41.4 Å². The van der Waals surface area contributed by atoms with Crippen LogP contribution in [-0.4, -0.2) is 101 Å². The van der Waals surface area contributed by atoms with E-state index in [2.05, 4.69) is 43.7 Å². The number of hydrogen-bond donors (Lipinski definition) is 7. The lowest BCUT2D eigenvalue weighted by Crippen LogP contribution is -2.52. The van der Waals surface area contributed by atoms with Crippen molar-refractivity contribution in [3.8, 4) is 23.2 Å². The number of anilines is 1. The molecule has 0 fully saturated rings. The Morgan fingerprint density at radius 2 is 1.51 bits per heavy atom. The van der Waals surface area contributed by atoms with Crippen LogP contribution in [0.5, 0.6) is 0 Å². The van der Waals surface area contributed by atoms with Crippen LogP contribution in [-0.2, 0) is 86.0 Å². The largest absolute Gasteiger partial charge is 0.458 e. The Hall–Kier alpha value is -9.59. The van der Waals surface area contributed by atoms with E-state index in [0.717, 1.165) is 16.7 Å². The number of esters is 1. The van der Waals surface area contributed by atoms with E-state index in [-0.39, 0.29) is 62.4 Å². The molecule has 426 valence electrons. The molecular formula is C61H58FN9O12. The zero-order valence-corrected chi connectivity index (χ0v) is 45.4. The summed E-state index contributed by atoms with van der Waals surface area (Å²) in [5, 5.41) is 27.5. The molecule has 5 heterocycles. The number of carbonyl (C=O) groups is 8. The van der Waals surface area contributed by atoms with Gasteiger partial charge in [0.15, 0.2) is 5.60 Å². The van der Waals surface area contributed by atoms with Crippen LogP contribution in [0.25, 0.3) is 22.3 Å². The summed E-state index contributed by atoms with van der Waals surface area (Å²) in [6.45, 7) is 0.754. The molecule has 2 aromatic heterocycles. The monoisotopic (exact) mass is 1130 g/mol. The lowest BCUT2D eigenvalue weighted by Gasteiger charge is -2.31. The van der Waals surface area contributed by atoms with Gasteiger partial charge in [0.05, 0.1) is 66.9 Å². The highest BCUT2D eigenvalue weighted by Crippen LogP contribution is 2.46. The van der Waals surface area contributed by atoms with Gasteiger partial charge in [-0.05, 0) is 78.3 Å². The lowest BCUT2D eigenvalue weighted by atomic mass is 9.81. The molecule has 7 amide bonds. The van der Waals surface area contributed by atoms with Gasteiger partial charge < -0.3 is 55.9 Å². The molecule has 6 aromatic rings. The summed E-state index contributed by atoms with van der Waals surface area (Å²) in [4.78, 5) is 125. The van der Waals surface area contributed by atoms with Crippen LogP contribution in [0.4, 0.5) is 10.1 Å². The summed E-state index contributed by atoms with van der Waals surface area (Å²) < 4.78 is 27.6. The number of halogens is 1. The molecule has 0 saturated carbocycles. The predicted molar refractivity (Wildman–Crippen MR) is 298 cm³/mol. The molecule has 4 aromatic carbocycles. The number of fused-ring (bicyclic) bond motifs is 7. The van der Waals surface area contributed by atoms with Crippen molar-refractivity contribution < 1.29 is 57.3 Å². The second-order valence-corrected chi connectivity index (χ2v) is 20.5. The minimum atomic E-state index is -2.06.